The number of benzene rings is 2. The van der Waals surface area contributed by atoms with Crippen LogP contribution in [0.3, 0.4) is 0 Å². The molecule has 1 fully saturated rings. The lowest BCUT2D eigenvalue weighted by Crippen LogP contribution is -2.28. The number of aryl methyl sites for hydroxylation is 2. The number of carbonyl (C=O) groups is 2. The van der Waals surface area contributed by atoms with Gasteiger partial charge in [0.05, 0.1) is 16.3 Å². The van der Waals surface area contributed by atoms with E-state index in [-0.39, 0.29) is 10.8 Å². The second-order valence-electron chi connectivity index (χ2n) is 5.66. The third-order valence-corrected chi connectivity index (χ3v) is 4.52. The van der Waals surface area contributed by atoms with Crippen molar-refractivity contribution in [2.24, 2.45) is 4.99 Å². The molecule has 126 valence electrons. The van der Waals surface area contributed by atoms with Crippen molar-refractivity contribution in [2.45, 2.75) is 13.8 Å². The number of amidine groups is 1. The van der Waals surface area contributed by atoms with Gasteiger partial charge in [0, 0.05) is 6.08 Å². The average Bonchev–Trinajstić information content (AvgIpc) is 2.82. The molecule has 1 amide bonds. The van der Waals surface area contributed by atoms with Crippen LogP contribution in [0.2, 0.25) is 0 Å². The Kier molecular flexibility index (Phi) is 4.72. The van der Waals surface area contributed by atoms with Crippen molar-refractivity contribution in [3.05, 3.63) is 70.6 Å². The number of carboxylic acid groups (broad SMARTS) is 1. The fourth-order valence-electron chi connectivity index (χ4n) is 2.46. The standard InChI is InChI=1S/C19H16N2O3S/c1-12-5-3-7-14(9-12)20-19-21(15-8-4-6-13(2)10-15)18(24)16(25-19)11-17(22)23/h3-11H,1-2H3,(H,22,23). The molecule has 0 spiro atoms. The number of thioether (sulfide) groups is 1. The van der Waals surface area contributed by atoms with Crippen LogP contribution in [0, 0.1) is 13.8 Å². The number of aliphatic carboxylic acids is 1. The Morgan fingerprint density at radius 1 is 1.12 bits per heavy atom. The molecule has 1 N–H and O–H groups in total. The van der Waals surface area contributed by atoms with Crippen molar-refractivity contribution >= 4 is 40.2 Å². The third kappa shape index (κ3) is 3.80. The molecule has 0 saturated carbocycles. The van der Waals surface area contributed by atoms with E-state index in [0.29, 0.717) is 16.5 Å². The molecule has 1 heterocycles. The van der Waals surface area contributed by atoms with Crippen LogP contribution in [0.4, 0.5) is 11.4 Å². The highest BCUT2D eigenvalue weighted by Crippen LogP contribution is 2.36. The lowest BCUT2D eigenvalue weighted by Gasteiger charge is -2.16. The highest BCUT2D eigenvalue weighted by atomic mass is 32.2. The summed E-state index contributed by atoms with van der Waals surface area (Å²) in [6, 6.07) is 15.1. The highest BCUT2D eigenvalue weighted by molar-refractivity contribution is 8.19. The van der Waals surface area contributed by atoms with Crippen LogP contribution in [0.25, 0.3) is 0 Å². The summed E-state index contributed by atoms with van der Waals surface area (Å²) in [5.41, 5.74) is 3.43. The summed E-state index contributed by atoms with van der Waals surface area (Å²) in [4.78, 5) is 29.9. The largest absolute Gasteiger partial charge is 0.478 e. The van der Waals surface area contributed by atoms with Crippen LogP contribution in [-0.4, -0.2) is 22.2 Å². The Balaban J connectivity index is 2.09. The van der Waals surface area contributed by atoms with E-state index in [2.05, 4.69) is 4.99 Å². The molecule has 0 radical (unpaired) electrons. The molecule has 0 bridgehead atoms. The molecule has 0 aromatic heterocycles. The number of anilines is 1. The predicted octanol–water partition coefficient (Wildman–Crippen LogP) is 4.04. The van der Waals surface area contributed by atoms with Gasteiger partial charge in [-0.25, -0.2) is 9.79 Å². The zero-order valence-electron chi connectivity index (χ0n) is 13.8. The van der Waals surface area contributed by atoms with Crippen LogP contribution in [0.1, 0.15) is 11.1 Å². The Morgan fingerprint density at radius 2 is 1.80 bits per heavy atom. The minimum absolute atomic E-state index is 0.139. The maximum Gasteiger partial charge on any atom is 0.329 e. The second-order valence-corrected chi connectivity index (χ2v) is 6.67. The molecule has 1 aliphatic heterocycles. The van der Waals surface area contributed by atoms with E-state index in [9.17, 15) is 9.59 Å². The number of aliphatic imine (C=N–C) groups is 1. The summed E-state index contributed by atoms with van der Waals surface area (Å²) in [5, 5.41) is 9.44. The Hall–Kier alpha value is -2.86. The van der Waals surface area contributed by atoms with Gasteiger partial charge in [0.15, 0.2) is 5.17 Å². The maximum absolute atomic E-state index is 12.7. The van der Waals surface area contributed by atoms with E-state index in [4.69, 9.17) is 5.11 Å². The zero-order chi connectivity index (χ0) is 18.0. The molecule has 0 unspecified atom stereocenters. The lowest BCUT2D eigenvalue weighted by atomic mass is 10.2. The molecule has 1 aliphatic rings. The van der Waals surface area contributed by atoms with Crippen LogP contribution in [-0.2, 0) is 9.59 Å². The molecule has 2 aromatic rings. The normalized spacial score (nSPS) is 17.5. The number of hydrogen-bond donors (Lipinski definition) is 1. The summed E-state index contributed by atoms with van der Waals surface area (Å²) < 4.78 is 0. The molecule has 5 nitrogen and oxygen atoms in total. The first-order valence-corrected chi connectivity index (χ1v) is 8.44. The summed E-state index contributed by atoms with van der Waals surface area (Å²) in [5.74, 6) is -1.54. The lowest BCUT2D eigenvalue weighted by molar-refractivity contribution is -0.131. The molecule has 0 atom stereocenters. The van der Waals surface area contributed by atoms with Crippen LogP contribution in [0.15, 0.2) is 64.5 Å². The van der Waals surface area contributed by atoms with Gasteiger partial charge in [0.25, 0.3) is 5.91 Å². The van der Waals surface area contributed by atoms with Crippen LogP contribution in [0.5, 0.6) is 0 Å². The van der Waals surface area contributed by atoms with E-state index in [1.54, 1.807) is 6.07 Å². The first-order valence-electron chi connectivity index (χ1n) is 7.63. The number of carbonyl (C=O) groups excluding carboxylic acids is 1. The Labute approximate surface area is 149 Å². The number of amides is 1. The van der Waals surface area contributed by atoms with Gasteiger partial charge in [-0.05, 0) is 61.0 Å². The fraction of sp³-hybridized carbons (Fsp3) is 0.105. The molecular weight excluding hydrogens is 336 g/mol. The van der Waals surface area contributed by atoms with Crippen molar-refractivity contribution in [1.29, 1.82) is 0 Å². The molecule has 1 saturated heterocycles. The number of rotatable bonds is 3. The number of carboxylic acids is 1. The quantitative estimate of drug-likeness (QED) is 0.847. The fourth-order valence-corrected chi connectivity index (χ4v) is 3.43. The van der Waals surface area contributed by atoms with Gasteiger partial charge in [-0.15, -0.1) is 0 Å². The smallest absolute Gasteiger partial charge is 0.329 e. The SMILES string of the molecule is Cc1cccc(N=C2SC(=CC(=O)O)C(=O)N2c2cccc(C)c2)c1. The Bertz CT molecular complexity index is 918. The van der Waals surface area contributed by atoms with Crippen LogP contribution >= 0.6 is 11.8 Å². The van der Waals surface area contributed by atoms with E-state index < -0.39 is 5.97 Å². The molecule has 2 aromatic carbocycles. The first kappa shape index (κ1) is 17.0. The average molecular weight is 352 g/mol. The van der Waals surface area contributed by atoms with Gasteiger partial charge < -0.3 is 5.11 Å². The maximum atomic E-state index is 12.7. The minimum Gasteiger partial charge on any atom is -0.478 e. The van der Waals surface area contributed by atoms with Gasteiger partial charge in [0.2, 0.25) is 0 Å². The van der Waals surface area contributed by atoms with E-state index >= 15 is 0 Å². The minimum atomic E-state index is -1.16. The van der Waals surface area contributed by atoms with E-state index in [1.165, 1.54) is 4.90 Å². The van der Waals surface area contributed by atoms with Gasteiger partial charge in [-0.3, -0.25) is 9.69 Å². The number of hydrogen-bond acceptors (Lipinski definition) is 4. The van der Waals surface area contributed by atoms with Gasteiger partial charge in [0.1, 0.15) is 0 Å². The van der Waals surface area contributed by atoms with E-state index in [0.717, 1.165) is 29.0 Å². The van der Waals surface area contributed by atoms with Crippen molar-refractivity contribution in [3.8, 4) is 0 Å². The summed E-state index contributed by atoms with van der Waals surface area (Å²) in [6.45, 7) is 3.90. The number of nitrogens with zero attached hydrogens (tertiary/aromatic N) is 2. The van der Waals surface area contributed by atoms with Crippen molar-refractivity contribution in [1.82, 2.24) is 0 Å². The molecule has 6 heteroatoms. The van der Waals surface area contributed by atoms with Gasteiger partial charge >= 0.3 is 5.97 Å². The van der Waals surface area contributed by atoms with Crippen molar-refractivity contribution in [3.63, 3.8) is 0 Å². The highest BCUT2D eigenvalue weighted by Gasteiger charge is 2.35. The summed E-state index contributed by atoms with van der Waals surface area (Å²) >= 11 is 1.06. The summed E-state index contributed by atoms with van der Waals surface area (Å²) in [7, 11) is 0. The van der Waals surface area contributed by atoms with Crippen molar-refractivity contribution < 1.29 is 14.7 Å². The molecule has 0 aliphatic carbocycles. The van der Waals surface area contributed by atoms with Crippen LogP contribution < -0.4 is 4.90 Å². The third-order valence-electron chi connectivity index (χ3n) is 3.55. The van der Waals surface area contributed by atoms with Gasteiger partial charge in [-0.2, -0.15) is 0 Å². The monoisotopic (exact) mass is 352 g/mol. The first-order chi connectivity index (χ1) is 11.9. The molecule has 3 rings (SSSR count). The van der Waals surface area contributed by atoms with E-state index in [1.807, 2.05) is 56.3 Å². The topological polar surface area (TPSA) is 70.0 Å². The second kappa shape index (κ2) is 6.94. The van der Waals surface area contributed by atoms with Gasteiger partial charge in [-0.1, -0.05) is 24.3 Å². The van der Waals surface area contributed by atoms with Crippen molar-refractivity contribution in [2.75, 3.05) is 4.90 Å². The predicted molar refractivity (Wildman–Crippen MR) is 100 cm³/mol. The molecular formula is C19H16N2O3S. The Morgan fingerprint density at radius 3 is 2.44 bits per heavy atom. The molecule has 25 heavy (non-hydrogen) atoms. The zero-order valence-corrected chi connectivity index (χ0v) is 14.6. The summed E-state index contributed by atoms with van der Waals surface area (Å²) in [6.07, 6.45) is 0.925.